The second-order valence-corrected chi connectivity index (χ2v) is 4.46. The fourth-order valence-corrected chi connectivity index (χ4v) is 2.06. The minimum absolute atomic E-state index is 0.104. The van der Waals surface area contributed by atoms with Crippen LogP contribution in [0.4, 0.5) is 5.69 Å². The van der Waals surface area contributed by atoms with E-state index < -0.39 is 11.9 Å². The highest BCUT2D eigenvalue weighted by Crippen LogP contribution is 2.18. The molecule has 0 saturated heterocycles. The van der Waals surface area contributed by atoms with Crippen molar-refractivity contribution in [2.24, 2.45) is 0 Å². The summed E-state index contributed by atoms with van der Waals surface area (Å²) in [5.74, 6) is -1.60. The summed E-state index contributed by atoms with van der Waals surface area (Å²) >= 11 is 0.985. The van der Waals surface area contributed by atoms with Crippen molar-refractivity contribution in [3.8, 4) is 0 Å². The Bertz CT molecular complexity index is 597. The predicted octanol–water partition coefficient (Wildman–Crippen LogP) is 1.43. The first-order valence-corrected chi connectivity index (χ1v) is 5.88. The van der Waals surface area contributed by atoms with Crippen molar-refractivity contribution in [2.45, 2.75) is 13.8 Å². The van der Waals surface area contributed by atoms with Gasteiger partial charge in [0.05, 0.1) is 17.1 Å². The number of aromatic nitrogens is 3. The van der Waals surface area contributed by atoms with E-state index in [2.05, 4.69) is 20.5 Å². The summed E-state index contributed by atoms with van der Waals surface area (Å²) < 4.78 is 0. The molecular formula is C10H10N4O3S. The summed E-state index contributed by atoms with van der Waals surface area (Å²) in [4.78, 5) is 26.2. The van der Waals surface area contributed by atoms with E-state index in [1.807, 2.05) is 0 Å². The molecule has 0 aliphatic carbocycles. The number of aryl methyl sites for hydroxylation is 2. The van der Waals surface area contributed by atoms with Crippen LogP contribution in [0.15, 0.2) is 5.38 Å². The van der Waals surface area contributed by atoms with Crippen molar-refractivity contribution >= 4 is 28.9 Å². The van der Waals surface area contributed by atoms with Crippen LogP contribution in [0.3, 0.4) is 0 Å². The molecule has 2 heterocycles. The molecule has 0 spiro atoms. The van der Waals surface area contributed by atoms with E-state index in [9.17, 15) is 9.59 Å². The molecule has 0 bridgehead atoms. The van der Waals surface area contributed by atoms with Gasteiger partial charge >= 0.3 is 5.97 Å². The van der Waals surface area contributed by atoms with Crippen LogP contribution in [0.25, 0.3) is 0 Å². The maximum absolute atomic E-state index is 11.9. The van der Waals surface area contributed by atoms with Gasteiger partial charge in [0.15, 0.2) is 10.7 Å². The van der Waals surface area contributed by atoms with Crippen LogP contribution >= 0.6 is 11.3 Å². The molecule has 0 radical (unpaired) electrons. The molecule has 0 fully saturated rings. The van der Waals surface area contributed by atoms with E-state index in [0.29, 0.717) is 11.4 Å². The van der Waals surface area contributed by atoms with Gasteiger partial charge in [-0.05, 0) is 13.8 Å². The van der Waals surface area contributed by atoms with Crippen molar-refractivity contribution in [3.05, 3.63) is 27.5 Å². The van der Waals surface area contributed by atoms with Crippen LogP contribution in [-0.2, 0) is 0 Å². The number of carbonyl (C=O) groups is 2. The Morgan fingerprint density at radius 1 is 1.44 bits per heavy atom. The molecule has 0 aromatic carbocycles. The molecule has 94 valence electrons. The number of carboxylic acid groups (broad SMARTS) is 1. The molecule has 3 N–H and O–H groups in total. The molecule has 18 heavy (non-hydrogen) atoms. The smallest absolute Gasteiger partial charge is 0.355 e. The van der Waals surface area contributed by atoms with Crippen LogP contribution in [0, 0.1) is 13.8 Å². The summed E-state index contributed by atoms with van der Waals surface area (Å²) in [7, 11) is 0. The summed E-state index contributed by atoms with van der Waals surface area (Å²) in [5, 5.41) is 19.5. The Balaban J connectivity index is 2.19. The molecule has 7 nitrogen and oxygen atoms in total. The first-order chi connectivity index (χ1) is 8.49. The topological polar surface area (TPSA) is 108 Å². The van der Waals surface area contributed by atoms with Crippen LogP contribution in [-0.4, -0.2) is 32.2 Å². The molecule has 0 unspecified atom stereocenters. The average Bonchev–Trinajstić information content (AvgIpc) is 2.91. The molecule has 2 rings (SSSR count). The van der Waals surface area contributed by atoms with Gasteiger partial charge in [0.1, 0.15) is 0 Å². The van der Waals surface area contributed by atoms with Crippen molar-refractivity contribution in [2.75, 3.05) is 5.32 Å². The minimum atomic E-state index is -1.15. The van der Waals surface area contributed by atoms with Gasteiger partial charge in [-0.2, -0.15) is 5.10 Å². The van der Waals surface area contributed by atoms with Crippen LogP contribution in [0.5, 0.6) is 0 Å². The Kier molecular flexibility index (Phi) is 3.11. The van der Waals surface area contributed by atoms with Gasteiger partial charge in [-0.3, -0.25) is 9.89 Å². The van der Waals surface area contributed by atoms with Gasteiger partial charge in [0.25, 0.3) is 5.91 Å². The Morgan fingerprint density at radius 2 is 2.17 bits per heavy atom. The molecule has 1 amide bonds. The van der Waals surface area contributed by atoms with Crippen LogP contribution in [0.1, 0.15) is 31.7 Å². The summed E-state index contributed by atoms with van der Waals surface area (Å²) in [6, 6.07) is 0. The highest BCUT2D eigenvalue weighted by atomic mass is 32.1. The predicted molar refractivity (Wildman–Crippen MR) is 65.1 cm³/mol. The fraction of sp³-hybridized carbons (Fsp3) is 0.200. The van der Waals surface area contributed by atoms with Crippen molar-refractivity contribution in [1.29, 1.82) is 0 Å². The summed E-state index contributed by atoms with van der Waals surface area (Å²) in [5.41, 5.74) is 1.85. The highest BCUT2D eigenvalue weighted by Gasteiger charge is 2.17. The molecule has 2 aromatic heterocycles. The second-order valence-electron chi connectivity index (χ2n) is 3.61. The maximum Gasteiger partial charge on any atom is 0.355 e. The van der Waals surface area contributed by atoms with Crippen molar-refractivity contribution < 1.29 is 14.7 Å². The third-order valence-corrected chi connectivity index (χ3v) is 3.13. The lowest BCUT2D eigenvalue weighted by molar-refractivity contribution is 0.0691. The number of amides is 1. The quantitative estimate of drug-likeness (QED) is 0.778. The van der Waals surface area contributed by atoms with E-state index in [0.717, 1.165) is 17.0 Å². The van der Waals surface area contributed by atoms with E-state index >= 15 is 0 Å². The molecule has 0 aliphatic rings. The van der Waals surface area contributed by atoms with Crippen LogP contribution < -0.4 is 5.32 Å². The lowest BCUT2D eigenvalue weighted by atomic mass is 10.3. The first kappa shape index (κ1) is 12.2. The van der Waals surface area contributed by atoms with Gasteiger partial charge in [0, 0.05) is 5.38 Å². The number of hydrogen-bond acceptors (Lipinski definition) is 5. The fourth-order valence-electron chi connectivity index (χ4n) is 1.38. The number of carboxylic acids is 1. The molecule has 2 aromatic rings. The monoisotopic (exact) mass is 266 g/mol. The summed E-state index contributed by atoms with van der Waals surface area (Å²) in [6.07, 6.45) is 0. The number of aromatic carboxylic acids is 1. The first-order valence-electron chi connectivity index (χ1n) is 5.00. The number of anilines is 1. The van der Waals surface area contributed by atoms with E-state index in [1.54, 1.807) is 13.8 Å². The number of thiazole rings is 1. The van der Waals surface area contributed by atoms with Gasteiger partial charge in [-0.1, -0.05) is 0 Å². The van der Waals surface area contributed by atoms with E-state index in [4.69, 9.17) is 5.11 Å². The molecule has 0 saturated carbocycles. The largest absolute Gasteiger partial charge is 0.476 e. The number of rotatable bonds is 3. The number of aromatic amines is 1. The third kappa shape index (κ3) is 2.23. The number of hydrogen-bond donors (Lipinski definition) is 3. The zero-order chi connectivity index (χ0) is 13.3. The Hall–Kier alpha value is -2.22. The second kappa shape index (κ2) is 4.57. The summed E-state index contributed by atoms with van der Waals surface area (Å²) in [6.45, 7) is 3.53. The molecule has 0 aliphatic heterocycles. The van der Waals surface area contributed by atoms with Gasteiger partial charge in [-0.15, -0.1) is 11.3 Å². The van der Waals surface area contributed by atoms with Gasteiger partial charge < -0.3 is 10.4 Å². The Morgan fingerprint density at radius 3 is 2.67 bits per heavy atom. The van der Waals surface area contributed by atoms with Gasteiger partial charge in [-0.25, -0.2) is 9.78 Å². The zero-order valence-electron chi connectivity index (χ0n) is 9.64. The number of nitrogens with one attached hydrogen (secondary N) is 2. The average molecular weight is 266 g/mol. The Labute approximate surface area is 106 Å². The van der Waals surface area contributed by atoms with Crippen LogP contribution in [0.2, 0.25) is 0 Å². The molecule has 0 atom stereocenters. The lowest BCUT2D eigenvalue weighted by Gasteiger charge is -2.01. The number of nitrogens with zero attached hydrogens (tertiary/aromatic N) is 2. The van der Waals surface area contributed by atoms with Crippen molar-refractivity contribution in [1.82, 2.24) is 15.2 Å². The zero-order valence-corrected chi connectivity index (χ0v) is 10.5. The van der Waals surface area contributed by atoms with Gasteiger partial charge in [0.2, 0.25) is 0 Å². The van der Waals surface area contributed by atoms with E-state index in [1.165, 1.54) is 5.38 Å². The standard InChI is InChI=1S/C10H10N4O3S/c1-4-7(5(2)14-13-4)12-8(15)9-11-6(3-18-9)10(16)17/h3H,1-2H3,(H,12,15)(H,13,14)(H,16,17). The number of H-pyrrole nitrogens is 1. The number of carbonyl (C=O) groups excluding carboxylic acids is 1. The minimum Gasteiger partial charge on any atom is -0.476 e. The normalized spacial score (nSPS) is 10.3. The highest BCUT2D eigenvalue weighted by molar-refractivity contribution is 7.12. The van der Waals surface area contributed by atoms with Crippen molar-refractivity contribution in [3.63, 3.8) is 0 Å². The SMILES string of the molecule is Cc1n[nH]c(C)c1NC(=O)c1nc(C(=O)O)cs1. The van der Waals surface area contributed by atoms with E-state index in [-0.39, 0.29) is 10.7 Å². The third-order valence-electron chi connectivity index (χ3n) is 2.28. The maximum atomic E-state index is 11.9. The molecule has 8 heteroatoms. The molecular weight excluding hydrogens is 256 g/mol. The lowest BCUT2D eigenvalue weighted by Crippen LogP contribution is -2.13.